The van der Waals surface area contributed by atoms with E-state index in [4.69, 9.17) is 0 Å². The molecule has 1 rings (SSSR count). The van der Waals surface area contributed by atoms with E-state index in [9.17, 15) is 17.6 Å². The van der Waals surface area contributed by atoms with Crippen LogP contribution in [-0.4, -0.2) is 6.04 Å². The average Bonchev–Trinajstić information content (AvgIpc) is 2.05. The first kappa shape index (κ1) is 11.8. The molecule has 0 fully saturated rings. The van der Waals surface area contributed by atoms with Crippen molar-refractivity contribution < 1.29 is 17.6 Å². The monoisotopic (exact) mass is 221 g/mol. The molecule has 0 aliphatic carbocycles. The third kappa shape index (κ3) is 3.11. The summed E-state index contributed by atoms with van der Waals surface area (Å²) in [6.07, 6.45) is -4.50. The van der Waals surface area contributed by atoms with E-state index < -0.39 is 17.6 Å². The van der Waals surface area contributed by atoms with Gasteiger partial charge in [-0.1, -0.05) is 0 Å². The van der Waals surface area contributed by atoms with Crippen molar-refractivity contribution in [2.75, 3.05) is 5.32 Å². The van der Waals surface area contributed by atoms with Crippen molar-refractivity contribution in [1.29, 1.82) is 0 Å². The molecule has 84 valence electrons. The van der Waals surface area contributed by atoms with Crippen molar-refractivity contribution in [3.05, 3.63) is 29.6 Å². The molecule has 1 N–H and O–H groups in total. The zero-order valence-electron chi connectivity index (χ0n) is 8.32. The summed E-state index contributed by atoms with van der Waals surface area (Å²) in [5.74, 6) is -0.890. The van der Waals surface area contributed by atoms with Gasteiger partial charge in [-0.2, -0.15) is 13.2 Å². The van der Waals surface area contributed by atoms with Crippen molar-refractivity contribution in [2.24, 2.45) is 0 Å². The first-order valence-electron chi connectivity index (χ1n) is 4.44. The van der Waals surface area contributed by atoms with Crippen LogP contribution in [0.5, 0.6) is 0 Å². The van der Waals surface area contributed by atoms with Gasteiger partial charge in [-0.25, -0.2) is 4.39 Å². The van der Waals surface area contributed by atoms with Gasteiger partial charge in [0.2, 0.25) is 0 Å². The highest BCUT2D eigenvalue weighted by atomic mass is 19.4. The smallest absolute Gasteiger partial charge is 0.381 e. The Morgan fingerprint density at radius 1 is 1.20 bits per heavy atom. The lowest BCUT2D eigenvalue weighted by atomic mass is 10.2. The van der Waals surface area contributed by atoms with Crippen LogP contribution in [0.1, 0.15) is 19.4 Å². The molecule has 0 saturated heterocycles. The summed E-state index contributed by atoms with van der Waals surface area (Å²) in [7, 11) is 0. The summed E-state index contributed by atoms with van der Waals surface area (Å²) in [5, 5.41) is 2.71. The van der Waals surface area contributed by atoms with Gasteiger partial charge in [0.25, 0.3) is 0 Å². The Labute approximate surface area is 85.1 Å². The summed E-state index contributed by atoms with van der Waals surface area (Å²) in [5.41, 5.74) is -0.896. The lowest BCUT2D eigenvalue weighted by Crippen LogP contribution is -2.12. The fourth-order valence-electron chi connectivity index (χ4n) is 1.12. The molecule has 1 nitrogen and oxygen atoms in total. The number of benzene rings is 1. The van der Waals surface area contributed by atoms with Gasteiger partial charge in [-0.3, -0.25) is 0 Å². The maximum Gasteiger partial charge on any atom is 0.416 e. The molecule has 0 aromatic heterocycles. The lowest BCUT2D eigenvalue weighted by molar-refractivity contribution is -0.137. The van der Waals surface area contributed by atoms with Gasteiger partial charge in [-0.05, 0) is 32.0 Å². The van der Waals surface area contributed by atoms with Crippen molar-refractivity contribution in [3.8, 4) is 0 Å². The third-order valence-electron chi connectivity index (χ3n) is 1.74. The number of hydrogen-bond acceptors (Lipinski definition) is 1. The largest absolute Gasteiger partial charge is 0.416 e. The van der Waals surface area contributed by atoms with Gasteiger partial charge >= 0.3 is 6.18 Å². The van der Waals surface area contributed by atoms with E-state index in [-0.39, 0.29) is 11.7 Å². The lowest BCUT2D eigenvalue weighted by Gasteiger charge is -2.12. The zero-order valence-corrected chi connectivity index (χ0v) is 8.32. The standard InChI is InChI=1S/C10H11F4N/c1-6(2)15-9-4-3-7(5-8(9)11)10(12,13)14/h3-6,15H,1-2H3. The Balaban J connectivity index is 2.98. The molecule has 5 heteroatoms. The van der Waals surface area contributed by atoms with Gasteiger partial charge in [0.1, 0.15) is 5.82 Å². The maximum atomic E-state index is 13.2. The minimum atomic E-state index is -4.50. The first-order chi connectivity index (χ1) is 6.80. The van der Waals surface area contributed by atoms with Crippen LogP contribution < -0.4 is 5.32 Å². The van der Waals surface area contributed by atoms with Crippen LogP contribution in [0.25, 0.3) is 0 Å². The molecule has 0 aliphatic heterocycles. The van der Waals surface area contributed by atoms with Crippen molar-refractivity contribution in [3.63, 3.8) is 0 Å². The molecule has 0 amide bonds. The van der Waals surface area contributed by atoms with Crippen LogP contribution in [-0.2, 0) is 6.18 Å². The molecular formula is C10H11F4N. The van der Waals surface area contributed by atoms with Gasteiger partial charge in [-0.15, -0.1) is 0 Å². The Morgan fingerprint density at radius 3 is 2.20 bits per heavy atom. The molecule has 0 heterocycles. The van der Waals surface area contributed by atoms with E-state index in [2.05, 4.69) is 5.32 Å². The second-order valence-electron chi connectivity index (χ2n) is 3.49. The molecule has 15 heavy (non-hydrogen) atoms. The SMILES string of the molecule is CC(C)Nc1ccc(C(F)(F)F)cc1F. The van der Waals surface area contributed by atoms with Crippen LogP contribution in [0.2, 0.25) is 0 Å². The summed E-state index contributed by atoms with van der Waals surface area (Å²) in [4.78, 5) is 0. The molecule has 0 unspecified atom stereocenters. The Bertz CT molecular complexity index is 344. The molecule has 0 radical (unpaired) electrons. The number of hydrogen-bond donors (Lipinski definition) is 1. The van der Waals surface area contributed by atoms with E-state index in [1.54, 1.807) is 13.8 Å². The van der Waals surface area contributed by atoms with Crippen LogP contribution >= 0.6 is 0 Å². The normalized spacial score (nSPS) is 11.9. The molecule has 0 spiro atoms. The zero-order chi connectivity index (χ0) is 11.6. The highest BCUT2D eigenvalue weighted by Gasteiger charge is 2.31. The van der Waals surface area contributed by atoms with Crippen molar-refractivity contribution in [1.82, 2.24) is 0 Å². The van der Waals surface area contributed by atoms with Crippen LogP contribution in [0.4, 0.5) is 23.2 Å². The molecule has 1 aromatic carbocycles. The average molecular weight is 221 g/mol. The predicted octanol–water partition coefficient (Wildman–Crippen LogP) is 3.66. The van der Waals surface area contributed by atoms with Crippen molar-refractivity contribution >= 4 is 5.69 Å². The van der Waals surface area contributed by atoms with Gasteiger partial charge < -0.3 is 5.32 Å². The second-order valence-corrected chi connectivity index (χ2v) is 3.49. The van der Waals surface area contributed by atoms with E-state index in [0.717, 1.165) is 12.1 Å². The van der Waals surface area contributed by atoms with Gasteiger partial charge in [0, 0.05) is 6.04 Å². The second kappa shape index (κ2) is 4.08. The number of rotatable bonds is 2. The van der Waals surface area contributed by atoms with Crippen molar-refractivity contribution in [2.45, 2.75) is 26.1 Å². The Kier molecular flexibility index (Phi) is 3.21. The van der Waals surface area contributed by atoms with E-state index in [1.165, 1.54) is 0 Å². The van der Waals surface area contributed by atoms with Gasteiger partial charge in [0.15, 0.2) is 0 Å². The number of halogens is 4. The third-order valence-corrected chi connectivity index (χ3v) is 1.74. The fourth-order valence-corrected chi connectivity index (χ4v) is 1.12. The van der Waals surface area contributed by atoms with E-state index in [0.29, 0.717) is 6.07 Å². The van der Waals surface area contributed by atoms with Crippen LogP contribution in [0.3, 0.4) is 0 Å². The summed E-state index contributed by atoms with van der Waals surface area (Å²) < 4.78 is 49.7. The quantitative estimate of drug-likeness (QED) is 0.751. The first-order valence-corrected chi connectivity index (χ1v) is 4.44. The molecule has 1 aromatic rings. The van der Waals surface area contributed by atoms with E-state index in [1.807, 2.05) is 0 Å². The van der Waals surface area contributed by atoms with E-state index >= 15 is 0 Å². The Hall–Kier alpha value is -1.26. The highest BCUT2D eigenvalue weighted by Crippen LogP contribution is 2.31. The minimum absolute atomic E-state index is 0.0313. The Morgan fingerprint density at radius 2 is 1.80 bits per heavy atom. The summed E-state index contributed by atoms with van der Waals surface area (Å²) in [6.45, 7) is 3.55. The van der Waals surface area contributed by atoms with Crippen LogP contribution in [0, 0.1) is 5.82 Å². The minimum Gasteiger partial charge on any atom is -0.381 e. The maximum absolute atomic E-state index is 13.2. The number of nitrogens with one attached hydrogen (secondary N) is 1. The van der Waals surface area contributed by atoms with Gasteiger partial charge in [0.05, 0.1) is 11.3 Å². The predicted molar refractivity (Wildman–Crippen MR) is 50.2 cm³/mol. The molecular weight excluding hydrogens is 210 g/mol. The van der Waals surface area contributed by atoms with Crippen LogP contribution in [0.15, 0.2) is 18.2 Å². The molecule has 0 atom stereocenters. The topological polar surface area (TPSA) is 12.0 Å². The fraction of sp³-hybridized carbons (Fsp3) is 0.400. The summed E-state index contributed by atoms with van der Waals surface area (Å²) >= 11 is 0. The summed E-state index contributed by atoms with van der Waals surface area (Å²) in [6, 6.07) is 2.41. The number of alkyl halides is 3. The molecule has 0 saturated carbocycles. The molecule has 0 bridgehead atoms. The number of anilines is 1. The highest BCUT2D eigenvalue weighted by molar-refractivity contribution is 5.47. The molecule has 0 aliphatic rings.